The number of allylic oxidation sites excluding steroid dienone is 1. The Bertz CT molecular complexity index is 1140. The second-order valence-corrected chi connectivity index (χ2v) is 6.97. The molecule has 1 aliphatic rings. The van der Waals surface area contributed by atoms with Crippen LogP contribution in [-0.2, 0) is 6.61 Å². The molecule has 1 aliphatic heterocycles. The van der Waals surface area contributed by atoms with E-state index < -0.39 is 0 Å². The van der Waals surface area contributed by atoms with E-state index in [4.69, 9.17) is 30.5 Å². The van der Waals surface area contributed by atoms with Crippen LogP contribution in [-0.4, -0.2) is 20.0 Å². The van der Waals surface area contributed by atoms with Crippen LogP contribution < -0.4 is 18.9 Å². The smallest absolute Gasteiger partial charge is 0.231 e. The molecule has 1 heterocycles. The number of rotatable bonds is 6. The maximum Gasteiger partial charge on any atom is 0.231 e. The molecule has 5 nitrogen and oxygen atoms in total. The zero-order chi connectivity index (χ0) is 21.1. The van der Waals surface area contributed by atoms with E-state index >= 15 is 0 Å². The second-order valence-electron chi connectivity index (χ2n) is 6.56. The monoisotopic (exact) mass is 422 g/mol. The molecule has 30 heavy (non-hydrogen) atoms. The number of carbonyl (C=O) groups excluding carboxylic acids is 1. The average molecular weight is 423 g/mol. The van der Waals surface area contributed by atoms with Gasteiger partial charge in [-0.2, -0.15) is 0 Å². The highest BCUT2D eigenvalue weighted by Gasteiger charge is 2.28. The lowest BCUT2D eigenvalue weighted by Gasteiger charge is -2.10. The maximum atomic E-state index is 12.8. The van der Waals surface area contributed by atoms with Gasteiger partial charge in [-0.25, -0.2) is 0 Å². The molecular formula is C24H19ClO5. The molecule has 0 radical (unpaired) electrons. The zero-order valence-electron chi connectivity index (χ0n) is 16.5. The standard InChI is InChI=1S/C24H19ClO5/c1-27-20-9-5-7-15(24(20)28-2)12-22-23(26)18-11-10-17(13-21(18)30-22)29-14-16-6-3-4-8-19(16)25/h3-13H,14H2,1-2H3/b22-12-. The van der Waals surface area contributed by atoms with Gasteiger partial charge in [0.2, 0.25) is 5.78 Å². The Hall–Kier alpha value is -3.44. The number of benzene rings is 3. The quantitative estimate of drug-likeness (QED) is 0.487. The second kappa shape index (κ2) is 8.51. The molecule has 3 aromatic carbocycles. The van der Waals surface area contributed by atoms with Gasteiger partial charge in [-0.3, -0.25) is 4.79 Å². The molecule has 0 N–H and O–H groups in total. The van der Waals surface area contributed by atoms with Gasteiger partial charge in [0.15, 0.2) is 17.3 Å². The van der Waals surface area contributed by atoms with Crippen molar-refractivity contribution in [3.05, 3.63) is 88.1 Å². The van der Waals surface area contributed by atoms with E-state index in [0.29, 0.717) is 45.8 Å². The molecule has 6 heteroatoms. The van der Waals surface area contributed by atoms with Crippen LogP contribution in [0.1, 0.15) is 21.5 Å². The number of hydrogen-bond donors (Lipinski definition) is 0. The Morgan fingerprint density at radius 1 is 1.00 bits per heavy atom. The molecule has 0 unspecified atom stereocenters. The number of carbonyl (C=O) groups is 1. The minimum atomic E-state index is -0.201. The summed E-state index contributed by atoms with van der Waals surface area (Å²) in [5, 5.41) is 0.641. The van der Waals surface area contributed by atoms with E-state index in [9.17, 15) is 4.79 Å². The fraction of sp³-hybridized carbons (Fsp3) is 0.125. The highest BCUT2D eigenvalue weighted by Crippen LogP contribution is 2.37. The normalized spacial score (nSPS) is 13.7. The van der Waals surface area contributed by atoms with Crippen LogP contribution >= 0.6 is 11.6 Å². The minimum absolute atomic E-state index is 0.201. The van der Waals surface area contributed by atoms with Gasteiger partial charge < -0.3 is 18.9 Å². The van der Waals surface area contributed by atoms with E-state index in [0.717, 1.165) is 5.56 Å². The Labute approximate surface area is 179 Å². The number of fused-ring (bicyclic) bond motifs is 1. The summed E-state index contributed by atoms with van der Waals surface area (Å²) in [5.41, 5.74) is 2.04. The Kier molecular flexibility index (Phi) is 5.63. The predicted molar refractivity (Wildman–Crippen MR) is 115 cm³/mol. The first kappa shape index (κ1) is 19.9. The van der Waals surface area contributed by atoms with Crippen LogP contribution in [0.15, 0.2) is 66.4 Å². The summed E-state index contributed by atoms with van der Waals surface area (Å²) < 4.78 is 22.4. The van der Waals surface area contributed by atoms with E-state index in [1.165, 1.54) is 0 Å². The van der Waals surface area contributed by atoms with Crippen molar-refractivity contribution < 1.29 is 23.7 Å². The fourth-order valence-electron chi connectivity index (χ4n) is 3.20. The van der Waals surface area contributed by atoms with Gasteiger partial charge in [0.1, 0.15) is 18.1 Å². The number of ketones is 1. The van der Waals surface area contributed by atoms with Crippen molar-refractivity contribution in [2.24, 2.45) is 0 Å². The molecule has 4 rings (SSSR count). The van der Waals surface area contributed by atoms with Crippen LogP contribution in [0.2, 0.25) is 5.02 Å². The van der Waals surface area contributed by atoms with Gasteiger partial charge in [0, 0.05) is 22.2 Å². The number of para-hydroxylation sites is 1. The lowest BCUT2D eigenvalue weighted by Crippen LogP contribution is -1.99. The van der Waals surface area contributed by atoms with Crippen LogP contribution in [0.5, 0.6) is 23.0 Å². The zero-order valence-corrected chi connectivity index (χ0v) is 17.2. The summed E-state index contributed by atoms with van der Waals surface area (Å²) in [5.74, 6) is 2.15. The van der Waals surface area contributed by atoms with Crippen LogP contribution in [0.25, 0.3) is 6.08 Å². The highest BCUT2D eigenvalue weighted by atomic mass is 35.5. The summed E-state index contributed by atoms with van der Waals surface area (Å²) >= 11 is 6.17. The van der Waals surface area contributed by atoms with Crippen molar-refractivity contribution in [1.29, 1.82) is 0 Å². The molecule has 0 aromatic heterocycles. The van der Waals surface area contributed by atoms with Gasteiger partial charge >= 0.3 is 0 Å². The highest BCUT2D eigenvalue weighted by molar-refractivity contribution is 6.31. The number of methoxy groups -OCH3 is 2. The lowest BCUT2D eigenvalue weighted by molar-refractivity contribution is 0.101. The largest absolute Gasteiger partial charge is 0.493 e. The third-order valence-corrected chi connectivity index (χ3v) is 5.08. The Balaban J connectivity index is 1.56. The molecule has 0 saturated heterocycles. The molecule has 0 amide bonds. The Morgan fingerprint density at radius 2 is 1.83 bits per heavy atom. The first-order valence-corrected chi connectivity index (χ1v) is 9.64. The van der Waals surface area contributed by atoms with Crippen molar-refractivity contribution in [2.45, 2.75) is 6.61 Å². The molecule has 0 saturated carbocycles. The molecule has 0 aliphatic carbocycles. The van der Waals surface area contributed by atoms with Crippen molar-refractivity contribution in [3.63, 3.8) is 0 Å². The summed E-state index contributed by atoms with van der Waals surface area (Å²) in [6, 6.07) is 18.1. The first-order valence-electron chi connectivity index (χ1n) is 9.26. The first-order chi connectivity index (χ1) is 14.6. The van der Waals surface area contributed by atoms with Crippen molar-refractivity contribution in [1.82, 2.24) is 0 Å². The number of hydrogen-bond acceptors (Lipinski definition) is 5. The van der Waals surface area contributed by atoms with Gasteiger partial charge in [0.25, 0.3) is 0 Å². The van der Waals surface area contributed by atoms with Crippen LogP contribution in [0.4, 0.5) is 0 Å². The van der Waals surface area contributed by atoms with Crippen molar-refractivity contribution in [2.75, 3.05) is 14.2 Å². The number of Topliss-reactive ketones (excluding diaryl/α,β-unsaturated/α-hetero) is 1. The minimum Gasteiger partial charge on any atom is -0.493 e. The molecule has 0 bridgehead atoms. The van der Waals surface area contributed by atoms with Crippen LogP contribution in [0, 0.1) is 0 Å². The molecule has 0 fully saturated rings. The summed E-state index contributed by atoms with van der Waals surface area (Å²) in [6.07, 6.45) is 1.65. The van der Waals surface area contributed by atoms with E-state index in [2.05, 4.69) is 0 Å². The van der Waals surface area contributed by atoms with Crippen molar-refractivity contribution >= 4 is 23.5 Å². The maximum absolute atomic E-state index is 12.8. The van der Waals surface area contributed by atoms with Gasteiger partial charge in [-0.1, -0.05) is 41.9 Å². The average Bonchev–Trinajstić information content (AvgIpc) is 3.07. The molecule has 0 atom stereocenters. The summed E-state index contributed by atoms with van der Waals surface area (Å²) in [7, 11) is 3.11. The SMILES string of the molecule is COc1cccc(/C=C2\Oc3cc(OCc4ccccc4Cl)ccc3C2=O)c1OC. The topological polar surface area (TPSA) is 54.0 Å². The molecule has 0 spiro atoms. The summed E-state index contributed by atoms with van der Waals surface area (Å²) in [6.45, 7) is 0.316. The van der Waals surface area contributed by atoms with E-state index in [1.54, 1.807) is 44.6 Å². The number of halogens is 1. The summed E-state index contributed by atoms with van der Waals surface area (Å²) in [4.78, 5) is 12.8. The molecule has 3 aromatic rings. The third-order valence-electron chi connectivity index (χ3n) is 4.71. The molecular weight excluding hydrogens is 404 g/mol. The fourth-order valence-corrected chi connectivity index (χ4v) is 3.39. The van der Waals surface area contributed by atoms with Gasteiger partial charge in [0.05, 0.1) is 19.8 Å². The van der Waals surface area contributed by atoms with Crippen LogP contribution in [0.3, 0.4) is 0 Å². The third kappa shape index (κ3) is 3.84. The van der Waals surface area contributed by atoms with E-state index in [-0.39, 0.29) is 11.5 Å². The van der Waals surface area contributed by atoms with Crippen molar-refractivity contribution in [3.8, 4) is 23.0 Å². The predicted octanol–water partition coefficient (Wildman–Crippen LogP) is 5.55. The Morgan fingerprint density at radius 3 is 2.60 bits per heavy atom. The van der Waals surface area contributed by atoms with Gasteiger partial charge in [-0.05, 0) is 30.3 Å². The van der Waals surface area contributed by atoms with E-state index in [1.807, 2.05) is 36.4 Å². The lowest BCUT2D eigenvalue weighted by atomic mass is 10.1. The van der Waals surface area contributed by atoms with Gasteiger partial charge in [-0.15, -0.1) is 0 Å². The number of ether oxygens (including phenoxy) is 4. The molecule has 152 valence electrons.